The van der Waals surface area contributed by atoms with E-state index >= 15 is 0 Å². The van der Waals surface area contributed by atoms with Crippen molar-refractivity contribution in [2.24, 2.45) is 17.8 Å². The van der Waals surface area contributed by atoms with Crippen molar-refractivity contribution in [3.63, 3.8) is 0 Å². The molecule has 0 amide bonds. The SMILES string of the molecule is O=C(Oc1ccc(Br)cc1F)C1CC2CCCC(C1)C21SCCS1. The average molecular weight is 431 g/mol. The Morgan fingerprint density at radius 3 is 2.50 bits per heavy atom. The lowest BCUT2D eigenvalue weighted by molar-refractivity contribution is -0.142. The highest BCUT2D eigenvalue weighted by atomic mass is 79.9. The first-order chi connectivity index (χ1) is 11.6. The van der Waals surface area contributed by atoms with Gasteiger partial charge in [0.25, 0.3) is 0 Å². The minimum atomic E-state index is -0.493. The predicted octanol–water partition coefficient (Wildman–Crippen LogP) is 5.50. The second kappa shape index (κ2) is 6.84. The molecule has 2 saturated carbocycles. The number of hydrogen-bond acceptors (Lipinski definition) is 4. The van der Waals surface area contributed by atoms with Crippen molar-refractivity contribution < 1.29 is 13.9 Å². The molecule has 2 unspecified atom stereocenters. The van der Waals surface area contributed by atoms with Crippen LogP contribution in [0.1, 0.15) is 32.1 Å². The van der Waals surface area contributed by atoms with Crippen LogP contribution in [0.4, 0.5) is 4.39 Å². The van der Waals surface area contributed by atoms with Crippen LogP contribution in [-0.2, 0) is 4.79 Å². The maximum atomic E-state index is 13.9. The van der Waals surface area contributed by atoms with Gasteiger partial charge in [-0.1, -0.05) is 22.4 Å². The molecule has 2 bridgehead atoms. The molecule has 3 aliphatic rings. The van der Waals surface area contributed by atoms with Gasteiger partial charge in [0, 0.05) is 16.0 Å². The number of carbonyl (C=O) groups is 1. The number of esters is 1. The summed E-state index contributed by atoms with van der Waals surface area (Å²) in [6.07, 6.45) is 5.50. The van der Waals surface area contributed by atoms with Gasteiger partial charge in [0.15, 0.2) is 11.6 Å². The van der Waals surface area contributed by atoms with Crippen LogP contribution in [0.3, 0.4) is 0 Å². The molecule has 1 heterocycles. The summed E-state index contributed by atoms with van der Waals surface area (Å²) in [6.45, 7) is 0. The molecule has 3 fully saturated rings. The number of thioether (sulfide) groups is 2. The highest BCUT2D eigenvalue weighted by Crippen LogP contribution is 2.64. The van der Waals surface area contributed by atoms with Crippen molar-refractivity contribution in [3.8, 4) is 5.75 Å². The fourth-order valence-corrected chi connectivity index (χ4v) is 8.82. The van der Waals surface area contributed by atoms with Gasteiger partial charge in [0.05, 0.1) is 10.00 Å². The molecule has 1 aromatic rings. The van der Waals surface area contributed by atoms with E-state index in [9.17, 15) is 9.18 Å². The summed E-state index contributed by atoms with van der Waals surface area (Å²) in [6, 6.07) is 4.55. The van der Waals surface area contributed by atoms with E-state index < -0.39 is 5.82 Å². The van der Waals surface area contributed by atoms with Gasteiger partial charge in [-0.05, 0) is 55.7 Å². The van der Waals surface area contributed by atoms with Gasteiger partial charge in [-0.3, -0.25) is 4.79 Å². The highest BCUT2D eigenvalue weighted by Gasteiger charge is 2.55. The zero-order valence-electron chi connectivity index (χ0n) is 13.3. The third-order valence-electron chi connectivity index (χ3n) is 5.56. The number of benzene rings is 1. The van der Waals surface area contributed by atoms with E-state index in [1.807, 2.05) is 0 Å². The maximum Gasteiger partial charge on any atom is 0.314 e. The highest BCUT2D eigenvalue weighted by molar-refractivity contribution is 9.10. The number of hydrogen-bond donors (Lipinski definition) is 0. The molecular weight excluding hydrogens is 411 g/mol. The first kappa shape index (κ1) is 17.2. The van der Waals surface area contributed by atoms with Gasteiger partial charge < -0.3 is 4.74 Å². The number of rotatable bonds is 2. The smallest absolute Gasteiger partial charge is 0.314 e. The molecule has 2 atom stereocenters. The second-order valence-electron chi connectivity index (χ2n) is 6.91. The molecule has 1 spiro atoms. The fourth-order valence-electron chi connectivity index (χ4n) is 4.55. The Morgan fingerprint density at radius 2 is 1.88 bits per heavy atom. The quantitative estimate of drug-likeness (QED) is 0.457. The summed E-state index contributed by atoms with van der Waals surface area (Å²) in [5.74, 6) is 2.86. The molecule has 2 nitrogen and oxygen atoms in total. The van der Waals surface area contributed by atoms with Gasteiger partial charge in [-0.15, -0.1) is 23.5 Å². The van der Waals surface area contributed by atoms with E-state index in [4.69, 9.17) is 4.74 Å². The van der Waals surface area contributed by atoms with E-state index in [0.717, 1.165) is 12.8 Å². The zero-order valence-corrected chi connectivity index (χ0v) is 16.5. The molecular formula is C18H20BrFO2S2. The number of halogens is 2. The Labute approximate surface area is 158 Å². The lowest BCUT2D eigenvalue weighted by Crippen LogP contribution is -2.48. The summed E-state index contributed by atoms with van der Waals surface area (Å²) in [4.78, 5) is 12.6. The van der Waals surface area contributed by atoms with Crippen molar-refractivity contribution in [2.75, 3.05) is 11.5 Å². The van der Waals surface area contributed by atoms with Crippen molar-refractivity contribution in [1.29, 1.82) is 0 Å². The normalized spacial score (nSPS) is 31.2. The average Bonchev–Trinajstić information content (AvgIpc) is 2.99. The molecule has 1 aliphatic heterocycles. The molecule has 130 valence electrons. The van der Waals surface area contributed by atoms with E-state index in [1.54, 1.807) is 6.07 Å². The standard InChI is InChI=1S/C18H20BrFO2S2/c19-14-4-5-16(15(20)10-14)22-17(21)11-8-12-2-1-3-13(9-11)18(12)23-6-7-24-18/h4-5,10-13H,1-3,6-9H2. The summed E-state index contributed by atoms with van der Waals surface area (Å²) in [7, 11) is 0. The van der Waals surface area contributed by atoms with Crippen LogP contribution in [0.5, 0.6) is 5.75 Å². The Kier molecular flexibility index (Phi) is 4.91. The minimum absolute atomic E-state index is 0.0401. The van der Waals surface area contributed by atoms with Crippen LogP contribution < -0.4 is 4.74 Å². The van der Waals surface area contributed by atoms with Crippen molar-refractivity contribution in [1.82, 2.24) is 0 Å². The summed E-state index contributed by atoms with van der Waals surface area (Å²) in [5.41, 5.74) is 0. The number of carbonyl (C=O) groups excluding carboxylic acids is 1. The van der Waals surface area contributed by atoms with E-state index in [-0.39, 0.29) is 17.6 Å². The molecule has 24 heavy (non-hydrogen) atoms. The van der Waals surface area contributed by atoms with Gasteiger partial charge >= 0.3 is 5.97 Å². The Balaban J connectivity index is 1.48. The van der Waals surface area contributed by atoms with Gasteiger partial charge in [0.1, 0.15) is 0 Å². The number of ether oxygens (including phenoxy) is 1. The lowest BCUT2D eigenvalue weighted by Gasteiger charge is -2.51. The second-order valence-corrected chi connectivity index (χ2v) is 10.8. The first-order valence-corrected chi connectivity index (χ1v) is 11.3. The Hall–Kier alpha value is -0.200. The van der Waals surface area contributed by atoms with Crippen molar-refractivity contribution in [3.05, 3.63) is 28.5 Å². The Morgan fingerprint density at radius 1 is 1.21 bits per heavy atom. The van der Waals surface area contributed by atoms with Gasteiger partial charge in [-0.25, -0.2) is 4.39 Å². The van der Waals surface area contributed by atoms with Crippen LogP contribution in [0, 0.1) is 23.6 Å². The summed E-state index contributed by atoms with van der Waals surface area (Å²) in [5, 5.41) is 0. The fraction of sp³-hybridized carbons (Fsp3) is 0.611. The third-order valence-corrected chi connectivity index (χ3v) is 10.1. The molecule has 4 rings (SSSR count). The molecule has 1 aromatic carbocycles. The van der Waals surface area contributed by atoms with Crippen LogP contribution in [-0.4, -0.2) is 21.6 Å². The van der Waals surface area contributed by atoms with Crippen LogP contribution in [0.25, 0.3) is 0 Å². The largest absolute Gasteiger partial charge is 0.423 e. The first-order valence-electron chi connectivity index (χ1n) is 8.53. The maximum absolute atomic E-state index is 13.9. The molecule has 0 N–H and O–H groups in total. The molecule has 1 saturated heterocycles. The van der Waals surface area contributed by atoms with Gasteiger partial charge in [-0.2, -0.15) is 0 Å². The third kappa shape index (κ3) is 3.03. The predicted molar refractivity (Wildman–Crippen MR) is 101 cm³/mol. The van der Waals surface area contributed by atoms with E-state index in [2.05, 4.69) is 39.5 Å². The van der Waals surface area contributed by atoms with Crippen LogP contribution >= 0.6 is 39.5 Å². The minimum Gasteiger partial charge on any atom is -0.423 e. The molecule has 0 aromatic heterocycles. The van der Waals surface area contributed by atoms with E-state index in [0.29, 0.717) is 20.4 Å². The topological polar surface area (TPSA) is 26.3 Å². The van der Waals surface area contributed by atoms with E-state index in [1.165, 1.54) is 42.9 Å². The van der Waals surface area contributed by atoms with Crippen LogP contribution in [0.15, 0.2) is 22.7 Å². The summed E-state index contributed by atoms with van der Waals surface area (Å²) < 4.78 is 20.3. The van der Waals surface area contributed by atoms with Crippen LogP contribution in [0.2, 0.25) is 0 Å². The monoisotopic (exact) mass is 430 g/mol. The van der Waals surface area contributed by atoms with Crippen molar-refractivity contribution in [2.45, 2.75) is 36.2 Å². The molecule has 0 radical (unpaired) electrons. The zero-order chi connectivity index (χ0) is 16.7. The summed E-state index contributed by atoms with van der Waals surface area (Å²) >= 11 is 7.47. The van der Waals surface area contributed by atoms with Crippen molar-refractivity contribution >= 4 is 45.4 Å². The van der Waals surface area contributed by atoms with Gasteiger partial charge in [0.2, 0.25) is 0 Å². The molecule has 6 heteroatoms. The lowest BCUT2D eigenvalue weighted by atomic mass is 9.67. The Bertz CT molecular complexity index is 632. The molecule has 2 aliphatic carbocycles.